The highest BCUT2D eigenvalue weighted by Gasteiger charge is 2.34. The van der Waals surface area contributed by atoms with Crippen molar-refractivity contribution in [1.29, 1.82) is 0 Å². The fraction of sp³-hybridized carbons (Fsp3) is 0.333. The van der Waals surface area contributed by atoms with E-state index in [0.29, 0.717) is 36.1 Å². The molecule has 6 rings (SSSR count). The molecule has 1 atom stereocenters. The predicted molar refractivity (Wildman–Crippen MR) is 147 cm³/mol. The minimum Gasteiger partial charge on any atom is -0.493 e. The number of hydrogen-bond acceptors (Lipinski definition) is 6. The summed E-state index contributed by atoms with van der Waals surface area (Å²) in [4.78, 5) is 30.6. The largest absolute Gasteiger partial charge is 0.493 e. The van der Waals surface area contributed by atoms with Gasteiger partial charge in [0, 0.05) is 48.6 Å². The number of nitrogens with one attached hydrogen (secondary N) is 2. The van der Waals surface area contributed by atoms with Crippen LogP contribution >= 0.6 is 0 Å². The zero-order chi connectivity index (χ0) is 26.8. The van der Waals surface area contributed by atoms with E-state index in [-0.39, 0.29) is 18.1 Å². The van der Waals surface area contributed by atoms with E-state index in [2.05, 4.69) is 20.5 Å². The van der Waals surface area contributed by atoms with Crippen molar-refractivity contribution in [1.82, 2.24) is 25.4 Å². The molecule has 3 heterocycles. The third-order valence-electron chi connectivity index (χ3n) is 7.57. The van der Waals surface area contributed by atoms with Crippen molar-refractivity contribution >= 4 is 23.2 Å². The molecule has 9 nitrogen and oxygen atoms in total. The van der Waals surface area contributed by atoms with Crippen molar-refractivity contribution in [3.05, 3.63) is 72.1 Å². The molecule has 2 fully saturated rings. The van der Waals surface area contributed by atoms with Gasteiger partial charge >= 0.3 is 0 Å². The molecule has 1 saturated carbocycles. The first-order valence-electron chi connectivity index (χ1n) is 13.4. The number of amides is 2. The number of aromatic nitrogens is 3. The highest BCUT2D eigenvalue weighted by atomic mass is 16.5. The second-order valence-corrected chi connectivity index (χ2v) is 10.2. The van der Waals surface area contributed by atoms with Gasteiger partial charge in [0.05, 0.1) is 24.4 Å². The van der Waals surface area contributed by atoms with Crippen molar-refractivity contribution in [2.24, 2.45) is 5.92 Å². The molecule has 0 radical (unpaired) electrons. The molecule has 200 valence electrons. The minimum atomic E-state index is -0.131. The Morgan fingerprint density at radius 2 is 1.92 bits per heavy atom. The highest BCUT2D eigenvalue weighted by Crippen LogP contribution is 2.41. The lowest BCUT2D eigenvalue weighted by Gasteiger charge is -2.29. The molecular formula is C30H31N5O4. The summed E-state index contributed by atoms with van der Waals surface area (Å²) in [5.41, 5.74) is 3.88. The van der Waals surface area contributed by atoms with Crippen molar-refractivity contribution in [3.63, 3.8) is 0 Å². The van der Waals surface area contributed by atoms with Gasteiger partial charge in [0.2, 0.25) is 6.41 Å². The van der Waals surface area contributed by atoms with E-state index >= 15 is 0 Å². The molecule has 2 N–H and O–H groups in total. The standard InChI is InChI=1S/C30H31N5O4/c1-38-27-17-20(8-10-26(27)39-22-11-14-35(18-36)15-12-22)28-23-16-21(7-9-24(23)33-34-28)30(37)32-29(19-5-6-19)25-4-2-3-13-31-25/h2-4,7-10,13,16-19,22,29H,5-6,11-12,14-15H2,1H3,(H,32,37)(H,33,34). The SMILES string of the molecule is COc1cc(-c2n[nH]c3ccc(C(=O)NC(c4ccccn4)C4CC4)cc23)ccc1OC1CCN(C=O)CC1. The second-order valence-electron chi connectivity index (χ2n) is 10.2. The van der Waals surface area contributed by atoms with Crippen molar-refractivity contribution in [2.45, 2.75) is 37.8 Å². The van der Waals surface area contributed by atoms with E-state index < -0.39 is 0 Å². The molecule has 4 aromatic rings. The van der Waals surface area contributed by atoms with E-state index in [0.717, 1.165) is 59.9 Å². The number of likely N-dealkylation sites (tertiary alicyclic amines) is 1. The Morgan fingerprint density at radius 3 is 2.64 bits per heavy atom. The summed E-state index contributed by atoms with van der Waals surface area (Å²) in [5, 5.41) is 11.7. The number of carbonyl (C=O) groups excluding carboxylic acids is 2. The quantitative estimate of drug-likeness (QED) is 0.311. The molecule has 2 aromatic carbocycles. The van der Waals surface area contributed by atoms with Gasteiger partial charge in [0.25, 0.3) is 5.91 Å². The molecular weight excluding hydrogens is 494 g/mol. The van der Waals surface area contributed by atoms with Gasteiger partial charge in [-0.3, -0.25) is 19.7 Å². The topological polar surface area (TPSA) is 109 Å². The monoisotopic (exact) mass is 525 g/mol. The number of hydrogen-bond donors (Lipinski definition) is 2. The smallest absolute Gasteiger partial charge is 0.251 e. The van der Waals surface area contributed by atoms with Gasteiger partial charge in [-0.1, -0.05) is 6.07 Å². The number of ether oxygens (including phenoxy) is 2. The van der Waals surface area contributed by atoms with E-state index in [9.17, 15) is 9.59 Å². The summed E-state index contributed by atoms with van der Waals surface area (Å²) in [6.45, 7) is 1.37. The summed E-state index contributed by atoms with van der Waals surface area (Å²) in [6, 6.07) is 17.0. The molecule has 0 bridgehead atoms. The number of fused-ring (bicyclic) bond motifs is 1. The maximum absolute atomic E-state index is 13.3. The van der Waals surface area contributed by atoms with E-state index in [1.54, 1.807) is 18.2 Å². The molecule has 0 spiro atoms. The van der Waals surface area contributed by atoms with Crippen LogP contribution in [0.15, 0.2) is 60.8 Å². The summed E-state index contributed by atoms with van der Waals surface area (Å²) in [5.74, 6) is 1.56. The summed E-state index contributed by atoms with van der Waals surface area (Å²) < 4.78 is 11.9. The molecule has 2 amide bonds. The number of pyridine rings is 1. The van der Waals surface area contributed by atoms with Gasteiger partial charge < -0.3 is 19.7 Å². The van der Waals surface area contributed by atoms with Gasteiger partial charge in [0.1, 0.15) is 11.8 Å². The highest BCUT2D eigenvalue weighted by molar-refractivity contribution is 6.01. The number of benzene rings is 2. The number of H-pyrrole nitrogens is 1. The fourth-order valence-corrected chi connectivity index (χ4v) is 5.21. The Morgan fingerprint density at radius 1 is 1.08 bits per heavy atom. The Labute approximate surface area is 226 Å². The fourth-order valence-electron chi connectivity index (χ4n) is 5.21. The summed E-state index contributed by atoms with van der Waals surface area (Å²) in [6.07, 6.45) is 6.42. The van der Waals surface area contributed by atoms with Crippen molar-refractivity contribution < 1.29 is 19.1 Å². The molecule has 1 aliphatic heterocycles. The number of methoxy groups -OCH3 is 1. The van der Waals surface area contributed by atoms with Crippen LogP contribution in [0.2, 0.25) is 0 Å². The van der Waals surface area contributed by atoms with Crippen LogP contribution in [-0.4, -0.2) is 58.7 Å². The van der Waals surface area contributed by atoms with Crippen LogP contribution in [0.3, 0.4) is 0 Å². The lowest BCUT2D eigenvalue weighted by Crippen LogP contribution is -2.37. The first-order valence-corrected chi connectivity index (χ1v) is 13.4. The molecule has 1 saturated heterocycles. The lowest BCUT2D eigenvalue weighted by molar-refractivity contribution is -0.119. The average molecular weight is 526 g/mol. The number of carbonyl (C=O) groups is 2. The third kappa shape index (κ3) is 5.30. The number of piperidine rings is 1. The normalized spacial score (nSPS) is 16.6. The summed E-state index contributed by atoms with van der Waals surface area (Å²) in [7, 11) is 1.62. The average Bonchev–Trinajstić information content (AvgIpc) is 3.74. The first kappa shape index (κ1) is 24.9. The summed E-state index contributed by atoms with van der Waals surface area (Å²) >= 11 is 0. The number of aromatic amines is 1. The van der Waals surface area contributed by atoms with Crippen LogP contribution in [0, 0.1) is 5.92 Å². The van der Waals surface area contributed by atoms with Crippen LogP contribution in [0.1, 0.15) is 47.8 Å². The Balaban J connectivity index is 1.23. The van der Waals surface area contributed by atoms with Gasteiger partial charge in [-0.15, -0.1) is 0 Å². The first-order chi connectivity index (χ1) is 19.1. The minimum absolute atomic E-state index is 0.0267. The van der Waals surface area contributed by atoms with E-state index in [1.807, 2.05) is 54.6 Å². The maximum Gasteiger partial charge on any atom is 0.251 e. The molecule has 9 heteroatoms. The number of nitrogens with zero attached hydrogens (tertiary/aromatic N) is 3. The zero-order valence-corrected chi connectivity index (χ0v) is 21.8. The zero-order valence-electron chi connectivity index (χ0n) is 21.8. The maximum atomic E-state index is 13.3. The van der Waals surface area contributed by atoms with Crippen LogP contribution in [0.4, 0.5) is 0 Å². The molecule has 2 aromatic heterocycles. The van der Waals surface area contributed by atoms with E-state index in [1.165, 1.54) is 0 Å². The predicted octanol–water partition coefficient (Wildman–Crippen LogP) is 4.51. The Hall–Kier alpha value is -4.40. The van der Waals surface area contributed by atoms with Crippen LogP contribution in [0.25, 0.3) is 22.2 Å². The Bertz CT molecular complexity index is 1480. The van der Waals surface area contributed by atoms with Gasteiger partial charge in [-0.2, -0.15) is 5.10 Å². The van der Waals surface area contributed by atoms with Crippen molar-refractivity contribution in [2.75, 3.05) is 20.2 Å². The molecule has 2 aliphatic rings. The molecule has 1 aliphatic carbocycles. The molecule has 1 unspecified atom stereocenters. The lowest BCUT2D eigenvalue weighted by atomic mass is 10.0. The van der Waals surface area contributed by atoms with Crippen LogP contribution < -0.4 is 14.8 Å². The third-order valence-corrected chi connectivity index (χ3v) is 7.57. The van der Waals surface area contributed by atoms with Gasteiger partial charge in [-0.05, 0) is 67.3 Å². The van der Waals surface area contributed by atoms with Crippen LogP contribution in [-0.2, 0) is 4.79 Å². The van der Waals surface area contributed by atoms with Gasteiger partial charge in [0.15, 0.2) is 11.5 Å². The van der Waals surface area contributed by atoms with Crippen LogP contribution in [0.5, 0.6) is 11.5 Å². The number of rotatable bonds is 9. The van der Waals surface area contributed by atoms with E-state index in [4.69, 9.17) is 9.47 Å². The van der Waals surface area contributed by atoms with Crippen molar-refractivity contribution in [3.8, 4) is 22.8 Å². The Kier molecular flexibility index (Phi) is 6.87. The second kappa shape index (κ2) is 10.8. The van der Waals surface area contributed by atoms with Gasteiger partial charge in [-0.25, -0.2) is 0 Å². The molecule has 39 heavy (non-hydrogen) atoms.